The number of thiophene rings is 1. The minimum atomic E-state index is -0.0771. The van der Waals surface area contributed by atoms with Crippen LogP contribution in [-0.2, 0) is 0 Å². The van der Waals surface area contributed by atoms with Gasteiger partial charge in [-0.15, -0.1) is 11.3 Å². The van der Waals surface area contributed by atoms with Gasteiger partial charge in [0.25, 0.3) is 5.56 Å². The Hall–Kier alpha value is -1.42. The van der Waals surface area contributed by atoms with Crippen LogP contribution in [0.5, 0.6) is 0 Å². The molecule has 0 spiro atoms. The van der Waals surface area contributed by atoms with Gasteiger partial charge in [-0.1, -0.05) is 6.58 Å². The number of nitrogens with zero attached hydrogens (tertiary/aromatic N) is 1. The van der Waals surface area contributed by atoms with Crippen LogP contribution in [0.3, 0.4) is 0 Å². The van der Waals surface area contributed by atoms with Crippen LogP contribution >= 0.6 is 11.3 Å². The molecule has 2 aromatic rings. The fourth-order valence-corrected chi connectivity index (χ4v) is 2.41. The van der Waals surface area contributed by atoms with Gasteiger partial charge in [-0.3, -0.25) is 4.79 Å². The molecule has 0 atom stereocenters. The molecule has 14 heavy (non-hydrogen) atoms. The molecule has 2 heterocycles. The maximum atomic E-state index is 11.7. The fraction of sp³-hybridized carbons (Fsp3) is 0.200. The van der Waals surface area contributed by atoms with E-state index in [0.29, 0.717) is 11.2 Å². The number of aromatic nitrogens is 2. The Morgan fingerprint density at radius 2 is 2.21 bits per heavy atom. The predicted octanol–water partition coefficient (Wildman–Crippen LogP) is 2.24. The quantitative estimate of drug-likeness (QED) is 0.777. The number of nitrogens with one attached hydrogen (secondary N) is 1. The van der Waals surface area contributed by atoms with E-state index in [0.717, 1.165) is 15.3 Å². The lowest BCUT2D eigenvalue weighted by molar-refractivity contribution is 1.15. The van der Waals surface area contributed by atoms with Crippen LogP contribution in [0, 0.1) is 13.8 Å². The van der Waals surface area contributed by atoms with E-state index in [1.165, 1.54) is 0 Å². The van der Waals surface area contributed by atoms with Crippen LogP contribution in [-0.4, -0.2) is 9.97 Å². The molecule has 2 rings (SSSR count). The molecule has 0 radical (unpaired) electrons. The van der Waals surface area contributed by atoms with Crippen molar-refractivity contribution in [2.45, 2.75) is 13.8 Å². The lowest BCUT2D eigenvalue weighted by Crippen LogP contribution is -2.08. The summed E-state index contributed by atoms with van der Waals surface area (Å²) in [5, 5.41) is 0.707. The van der Waals surface area contributed by atoms with E-state index < -0.39 is 0 Å². The van der Waals surface area contributed by atoms with E-state index in [1.807, 2.05) is 13.8 Å². The van der Waals surface area contributed by atoms with Gasteiger partial charge in [-0.25, -0.2) is 4.98 Å². The summed E-state index contributed by atoms with van der Waals surface area (Å²) in [6.07, 6.45) is 1.55. The normalized spacial score (nSPS) is 10.7. The Morgan fingerprint density at radius 1 is 1.50 bits per heavy atom. The first-order chi connectivity index (χ1) is 6.63. The van der Waals surface area contributed by atoms with Gasteiger partial charge < -0.3 is 4.98 Å². The molecule has 0 fully saturated rings. The maximum absolute atomic E-state index is 11.7. The SMILES string of the molecule is C=Cc1nc2sc(C)c(C)c2c(=O)[nH]1. The average Bonchev–Trinajstić information content (AvgIpc) is 2.43. The van der Waals surface area contributed by atoms with Crippen LogP contribution in [0.25, 0.3) is 16.3 Å². The van der Waals surface area contributed by atoms with Crippen molar-refractivity contribution in [2.75, 3.05) is 0 Å². The minimum absolute atomic E-state index is 0.0771. The molecule has 2 aromatic heterocycles. The first-order valence-electron chi connectivity index (χ1n) is 4.26. The molecule has 0 saturated heterocycles. The van der Waals surface area contributed by atoms with Gasteiger partial charge in [0.1, 0.15) is 10.7 Å². The van der Waals surface area contributed by atoms with E-state index in [-0.39, 0.29) is 5.56 Å². The first kappa shape index (κ1) is 9.15. The van der Waals surface area contributed by atoms with Gasteiger partial charge in [0.2, 0.25) is 0 Å². The molecule has 0 aromatic carbocycles. The highest BCUT2D eigenvalue weighted by Gasteiger charge is 2.10. The molecule has 0 aliphatic rings. The smallest absolute Gasteiger partial charge is 0.260 e. The number of H-pyrrole nitrogens is 1. The third-order valence-electron chi connectivity index (χ3n) is 2.25. The number of fused-ring (bicyclic) bond motifs is 1. The monoisotopic (exact) mass is 206 g/mol. The Bertz CT molecular complexity index is 565. The Labute approximate surface area is 85.1 Å². The number of aryl methyl sites for hydroxylation is 2. The lowest BCUT2D eigenvalue weighted by atomic mass is 10.2. The summed E-state index contributed by atoms with van der Waals surface area (Å²) in [5.41, 5.74) is 0.945. The number of hydrogen-bond donors (Lipinski definition) is 1. The van der Waals surface area contributed by atoms with Crippen LogP contribution in [0.2, 0.25) is 0 Å². The molecule has 4 heteroatoms. The average molecular weight is 206 g/mol. The van der Waals surface area contributed by atoms with Gasteiger partial charge in [-0.05, 0) is 25.5 Å². The van der Waals surface area contributed by atoms with E-state index >= 15 is 0 Å². The van der Waals surface area contributed by atoms with Gasteiger partial charge in [-0.2, -0.15) is 0 Å². The van der Waals surface area contributed by atoms with E-state index in [9.17, 15) is 4.79 Å². The first-order valence-corrected chi connectivity index (χ1v) is 5.07. The topological polar surface area (TPSA) is 45.8 Å². The van der Waals surface area contributed by atoms with Gasteiger partial charge in [0, 0.05) is 4.88 Å². The van der Waals surface area contributed by atoms with Crippen molar-refractivity contribution in [3.63, 3.8) is 0 Å². The largest absolute Gasteiger partial charge is 0.306 e. The fourth-order valence-electron chi connectivity index (χ4n) is 1.37. The van der Waals surface area contributed by atoms with Crippen molar-refractivity contribution in [1.29, 1.82) is 0 Å². The standard InChI is InChI=1S/C10H10N2OS/c1-4-7-11-9(13)8-5(2)6(3)14-10(8)12-7/h4H,1H2,2-3H3,(H,11,12,13). The van der Waals surface area contributed by atoms with Crippen molar-refractivity contribution >= 4 is 27.6 Å². The van der Waals surface area contributed by atoms with E-state index in [1.54, 1.807) is 17.4 Å². The summed E-state index contributed by atoms with van der Waals surface area (Å²) in [6.45, 7) is 7.52. The van der Waals surface area contributed by atoms with Crippen molar-refractivity contribution < 1.29 is 0 Å². The van der Waals surface area contributed by atoms with Crippen LogP contribution in [0.4, 0.5) is 0 Å². The highest BCUT2D eigenvalue weighted by molar-refractivity contribution is 7.18. The molecule has 0 bridgehead atoms. The van der Waals surface area contributed by atoms with Crippen LogP contribution < -0.4 is 5.56 Å². The third-order valence-corrected chi connectivity index (χ3v) is 3.35. The Kier molecular flexibility index (Phi) is 2.00. The highest BCUT2D eigenvalue weighted by Crippen LogP contribution is 2.25. The molecule has 0 saturated carbocycles. The molecule has 1 N–H and O–H groups in total. The zero-order valence-corrected chi connectivity index (χ0v) is 8.86. The summed E-state index contributed by atoms with van der Waals surface area (Å²) in [4.78, 5) is 20.5. The molecular weight excluding hydrogens is 196 g/mol. The summed E-state index contributed by atoms with van der Waals surface area (Å²) in [5.74, 6) is 0.531. The summed E-state index contributed by atoms with van der Waals surface area (Å²) < 4.78 is 0. The molecule has 0 unspecified atom stereocenters. The van der Waals surface area contributed by atoms with Crippen LogP contribution in [0.15, 0.2) is 11.4 Å². The zero-order valence-electron chi connectivity index (χ0n) is 8.05. The lowest BCUT2D eigenvalue weighted by Gasteiger charge is -1.93. The summed E-state index contributed by atoms with van der Waals surface area (Å²) in [7, 11) is 0. The van der Waals surface area contributed by atoms with E-state index in [2.05, 4.69) is 16.5 Å². The molecule has 0 amide bonds. The Morgan fingerprint density at radius 3 is 2.86 bits per heavy atom. The van der Waals surface area contributed by atoms with Crippen molar-refractivity contribution in [1.82, 2.24) is 9.97 Å². The zero-order chi connectivity index (χ0) is 10.3. The second-order valence-corrected chi connectivity index (χ2v) is 4.32. The second kappa shape index (κ2) is 3.06. The minimum Gasteiger partial charge on any atom is -0.306 e. The molecule has 72 valence electrons. The maximum Gasteiger partial charge on any atom is 0.260 e. The molecular formula is C10H10N2OS. The van der Waals surface area contributed by atoms with Crippen molar-refractivity contribution in [3.8, 4) is 0 Å². The second-order valence-electron chi connectivity index (χ2n) is 3.12. The highest BCUT2D eigenvalue weighted by atomic mass is 32.1. The summed E-state index contributed by atoms with van der Waals surface area (Å²) >= 11 is 1.54. The molecule has 3 nitrogen and oxygen atoms in total. The van der Waals surface area contributed by atoms with Crippen molar-refractivity contribution in [2.24, 2.45) is 0 Å². The van der Waals surface area contributed by atoms with E-state index in [4.69, 9.17) is 0 Å². The van der Waals surface area contributed by atoms with Crippen molar-refractivity contribution in [3.05, 3.63) is 33.2 Å². The van der Waals surface area contributed by atoms with Gasteiger partial charge >= 0.3 is 0 Å². The third kappa shape index (κ3) is 1.19. The van der Waals surface area contributed by atoms with Gasteiger partial charge in [0.05, 0.1) is 5.39 Å². The number of aromatic amines is 1. The van der Waals surface area contributed by atoms with Gasteiger partial charge in [0.15, 0.2) is 0 Å². The predicted molar refractivity (Wildman–Crippen MR) is 59.8 cm³/mol. The summed E-state index contributed by atoms with van der Waals surface area (Å²) in [6, 6.07) is 0. The molecule has 0 aliphatic heterocycles. The number of rotatable bonds is 1. The molecule has 0 aliphatic carbocycles. The number of hydrogen-bond acceptors (Lipinski definition) is 3. The van der Waals surface area contributed by atoms with Crippen LogP contribution in [0.1, 0.15) is 16.3 Å². The Balaban J connectivity index is 2.97.